The maximum atomic E-state index is 12.5. The topological polar surface area (TPSA) is 72.2 Å². The van der Waals surface area contributed by atoms with Crippen LogP contribution < -0.4 is 10.5 Å². The third-order valence-corrected chi connectivity index (χ3v) is 7.17. The summed E-state index contributed by atoms with van der Waals surface area (Å²) in [4.78, 5) is 3.21. The lowest BCUT2D eigenvalue weighted by Gasteiger charge is -2.14. The van der Waals surface area contributed by atoms with Crippen molar-refractivity contribution in [2.45, 2.75) is 38.3 Å². The van der Waals surface area contributed by atoms with Crippen LogP contribution in [0.1, 0.15) is 33.2 Å². The molecule has 3 N–H and O–H groups in total. The van der Waals surface area contributed by atoms with Gasteiger partial charge in [0.15, 0.2) is 0 Å². The summed E-state index contributed by atoms with van der Waals surface area (Å²) in [7, 11) is -3.54. The van der Waals surface area contributed by atoms with Gasteiger partial charge in [-0.3, -0.25) is 0 Å². The van der Waals surface area contributed by atoms with Crippen molar-refractivity contribution in [1.29, 1.82) is 0 Å². The summed E-state index contributed by atoms with van der Waals surface area (Å²) in [6.07, 6.45) is 0. The average Bonchev–Trinajstić information content (AvgIpc) is 2.94. The molecule has 0 saturated heterocycles. The van der Waals surface area contributed by atoms with Crippen LogP contribution in [0.15, 0.2) is 22.4 Å². The van der Waals surface area contributed by atoms with Crippen LogP contribution >= 0.6 is 22.7 Å². The first-order valence-corrected chi connectivity index (χ1v) is 9.38. The molecule has 110 valence electrons. The van der Waals surface area contributed by atoms with E-state index in [0.717, 1.165) is 10.4 Å². The highest BCUT2D eigenvalue weighted by molar-refractivity contribution is 7.89. The van der Waals surface area contributed by atoms with E-state index < -0.39 is 10.0 Å². The second-order valence-electron chi connectivity index (χ2n) is 4.67. The van der Waals surface area contributed by atoms with Gasteiger partial charge in [0.2, 0.25) is 10.0 Å². The highest BCUT2D eigenvalue weighted by Gasteiger charge is 2.25. The summed E-state index contributed by atoms with van der Waals surface area (Å²) in [6.45, 7) is 5.89. The fourth-order valence-electron chi connectivity index (χ4n) is 2.02. The number of sulfonamides is 1. The van der Waals surface area contributed by atoms with Gasteiger partial charge in [-0.1, -0.05) is 0 Å². The summed E-state index contributed by atoms with van der Waals surface area (Å²) in [6, 6.07) is 3.70. The molecule has 2 heterocycles. The lowest BCUT2D eigenvalue weighted by atomic mass is 10.3. The molecule has 0 radical (unpaired) electrons. The van der Waals surface area contributed by atoms with E-state index in [9.17, 15) is 8.42 Å². The van der Waals surface area contributed by atoms with Gasteiger partial charge in [0.05, 0.1) is 6.04 Å². The number of rotatable bonds is 5. The average molecular weight is 331 g/mol. The standard InChI is InChI=1S/C13H18N2O2S3/c1-8-7-18-12(6-14)13(8)20(16,17)15-10(3)11-5-4-9(2)19-11/h4-5,7,10,15H,6,14H2,1-3H3. The molecule has 0 bridgehead atoms. The second-order valence-corrected chi connectivity index (χ2v) is 8.60. The smallest absolute Gasteiger partial charge is 0.242 e. The van der Waals surface area contributed by atoms with Crippen molar-refractivity contribution in [2.75, 3.05) is 0 Å². The highest BCUT2D eigenvalue weighted by Crippen LogP contribution is 2.29. The van der Waals surface area contributed by atoms with E-state index in [1.807, 2.05) is 31.4 Å². The summed E-state index contributed by atoms with van der Waals surface area (Å²) in [5.74, 6) is 0. The van der Waals surface area contributed by atoms with E-state index in [0.29, 0.717) is 9.77 Å². The Kier molecular flexibility index (Phi) is 4.66. The summed E-state index contributed by atoms with van der Waals surface area (Å²) in [5.41, 5.74) is 6.37. The van der Waals surface area contributed by atoms with Crippen LogP contribution in [0.2, 0.25) is 0 Å². The predicted molar refractivity (Wildman–Crippen MR) is 84.7 cm³/mol. The minimum Gasteiger partial charge on any atom is -0.326 e. The number of thiophene rings is 2. The normalized spacial score (nSPS) is 13.6. The lowest BCUT2D eigenvalue weighted by Crippen LogP contribution is -2.27. The predicted octanol–water partition coefficient (Wildman–Crippen LogP) is 2.92. The van der Waals surface area contributed by atoms with Gasteiger partial charge in [0.25, 0.3) is 0 Å². The summed E-state index contributed by atoms with van der Waals surface area (Å²) >= 11 is 2.99. The molecule has 0 aliphatic rings. The van der Waals surface area contributed by atoms with Crippen LogP contribution in [-0.4, -0.2) is 8.42 Å². The van der Waals surface area contributed by atoms with Crippen LogP contribution in [0.4, 0.5) is 0 Å². The first-order chi connectivity index (χ1) is 9.35. The fraction of sp³-hybridized carbons (Fsp3) is 0.385. The number of nitrogens with one attached hydrogen (secondary N) is 1. The highest BCUT2D eigenvalue weighted by atomic mass is 32.2. The molecule has 7 heteroatoms. The van der Waals surface area contributed by atoms with Gasteiger partial charge in [0.1, 0.15) is 4.90 Å². The third-order valence-electron chi connectivity index (χ3n) is 2.96. The van der Waals surface area contributed by atoms with Crippen LogP contribution in [0.5, 0.6) is 0 Å². The Bertz CT molecular complexity index is 701. The number of nitrogens with two attached hydrogens (primary N) is 1. The Morgan fingerprint density at radius 1 is 1.35 bits per heavy atom. The molecule has 1 unspecified atom stereocenters. The van der Waals surface area contributed by atoms with Crippen molar-refractivity contribution in [2.24, 2.45) is 5.73 Å². The molecule has 0 aliphatic heterocycles. The van der Waals surface area contributed by atoms with Crippen molar-refractivity contribution < 1.29 is 8.42 Å². The van der Waals surface area contributed by atoms with E-state index in [-0.39, 0.29) is 12.6 Å². The molecule has 0 aromatic carbocycles. The minimum absolute atomic E-state index is 0.237. The van der Waals surface area contributed by atoms with E-state index in [2.05, 4.69) is 4.72 Å². The largest absolute Gasteiger partial charge is 0.326 e. The zero-order valence-corrected chi connectivity index (χ0v) is 14.1. The summed E-state index contributed by atoms with van der Waals surface area (Å²) < 4.78 is 27.8. The molecule has 1 atom stereocenters. The maximum Gasteiger partial charge on any atom is 0.242 e. The van der Waals surface area contributed by atoms with Gasteiger partial charge in [-0.25, -0.2) is 13.1 Å². The van der Waals surface area contributed by atoms with Crippen molar-refractivity contribution in [1.82, 2.24) is 4.72 Å². The molecule has 0 fully saturated rings. The quantitative estimate of drug-likeness (QED) is 0.885. The monoisotopic (exact) mass is 330 g/mol. The van der Waals surface area contributed by atoms with Gasteiger partial charge in [-0.15, -0.1) is 22.7 Å². The van der Waals surface area contributed by atoms with Crippen molar-refractivity contribution in [3.63, 3.8) is 0 Å². The number of hydrogen-bond donors (Lipinski definition) is 2. The van der Waals surface area contributed by atoms with Crippen LogP contribution in [0.3, 0.4) is 0 Å². The Morgan fingerprint density at radius 3 is 2.60 bits per heavy atom. The Balaban J connectivity index is 2.29. The number of hydrogen-bond acceptors (Lipinski definition) is 5. The van der Waals surface area contributed by atoms with Crippen LogP contribution in [0, 0.1) is 13.8 Å². The molecule has 0 spiro atoms. The molecule has 0 saturated carbocycles. The SMILES string of the molecule is Cc1ccc(C(C)NS(=O)(=O)c2c(C)csc2CN)s1. The van der Waals surface area contributed by atoms with Crippen molar-refractivity contribution in [3.05, 3.63) is 37.7 Å². The van der Waals surface area contributed by atoms with E-state index in [4.69, 9.17) is 5.73 Å². The molecule has 20 heavy (non-hydrogen) atoms. The molecule has 0 aliphatic carbocycles. The Labute approximate surface area is 127 Å². The zero-order chi connectivity index (χ0) is 14.9. The first-order valence-electron chi connectivity index (χ1n) is 6.21. The van der Waals surface area contributed by atoms with E-state index in [1.165, 1.54) is 16.2 Å². The van der Waals surface area contributed by atoms with Gasteiger partial charge in [-0.2, -0.15) is 0 Å². The van der Waals surface area contributed by atoms with Crippen LogP contribution in [0.25, 0.3) is 0 Å². The van der Waals surface area contributed by atoms with Gasteiger partial charge in [0, 0.05) is 21.2 Å². The van der Waals surface area contributed by atoms with Gasteiger partial charge < -0.3 is 5.73 Å². The van der Waals surface area contributed by atoms with E-state index >= 15 is 0 Å². The zero-order valence-electron chi connectivity index (χ0n) is 11.6. The molecule has 2 rings (SSSR count). The fourth-order valence-corrected chi connectivity index (χ4v) is 5.90. The molecule has 2 aromatic heterocycles. The second kappa shape index (κ2) is 5.95. The first kappa shape index (κ1) is 15.7. The lowest BCUT2D eigenvalue weighted by molar-refractivity contribution is 0.567. The Morgan fingerprint density at radius 2 is 2.05 bits per heavy atom. The van der Waals surface area contributed by atoms with Crippen molar-refractivity contribution in [3.8, 4) is 0 Å². The van der Waals surface area contributed by atoms with Crippen molar-refractivity contribution >= 4 is 32.7 Å². The van der Waals surface area contributed by atoms with E-state index in [1.54, 1.807) is 18.3 Å². The van der Waals surface area contributed by atoms with Gasteiger partial charge in [-0.05, 0) is 43.8 Å². The third kappa shape index (κ3) is 3.12. The number of aryl methyl sites for hydroxylation is 2. The molecule has 2 aromatic rings. The van der Waals surface area contributed by atoms with Gasteiger partial charge >= 0.3 is 0 Å². The summed E-state index contributed by atoms with van der Waals surface area (Å²) in [5, 5.41) is 1.83. The molecular formula is C13H18N2O2S3. The Hall–Kier alpha value is -0.730. The molecular weight excluding hydrogens is 312 g/mol. The maximum absolute atomic E-state index is 12.5. The molecule has 0 amide bonds. The van der Waals surface area contributed by atoms with Crippen LogP contribution in [-0.2, 0) is 16.6 Å². The minimum atomic E-state index is -3.54. The molecule has 4 nitrogen and oxygen atoms in total.